The molecular weight excluding hydrogens is 361 g/mol. The van der Waals surface area contributed by atoms with Crippen LogP contribution in [0.25, 0.3) is 17.4 Å². The first-order chi connectivity index (χ1) is 11.9. The van der Waals surface area contributed by atoms with Crippen LogP contribution in [0.5, 0.6) is 0 Å². The van der Waals surface area contributed by atoms with Crippen molar-refractivity contribution in [2.75, 3.05) is 6.61 Å². The molecule has 1 heterocycles. The highest BCUT2D eigenvalue weighted by molar-refractivity contribution is 6.42. The zero-order valence-corrected chi connectivity index (χ0v) is 15.4. The van der Waals surface area contributed by atoms with Crippen molar-refractivity contribution >= 4 is 35.2 Å². The molecule has 130 valence electrons. The number of nitrogens with zero attached hydrogens (tertiary/aromatic N) is 1. The summed E-state index contributed by atoms with van der Waals surface area (Å²) in [7, 11) is 0. The molecule has 0 aliphatic rings. The van der Waals surface area contributed by atoms with Crippen LogP contribution in [0.1, 0.15) is 26.0 Å². The van der Waals surface area contributed by atoms with E-state index in [9.17, 15) is 4.79 Å². The van der Waals surface area contributed by atoms with Crippen molar-refractivity contribution in [2.24, 2.45) is 5.92 Å². The van der Waals surface area contributed by atoms with Crippen molar-refractivity contribution in [3.05, 3.63) is 51.7 Å². The summed E-state index contributed by atoms with van der Waals surface area (Å²) in [6, 6.07) is 10.4. The van der Waals surface area contributed by atoms with Crippen LogP contribution in [0, 0.1) is 17.2 Å². The highest BCUT2D eigenvalue weighted by Crippen LogP contribution is 2.30. The van der Waals surface area contributed by atoms with E-state index >= 15 is 0 Å². The number of hydrogen-bond donors (Lipinski definition) is 0. The molecule has 4 nitrogen and oxygen atoms in total. The van der Waals surface area contributed by atoms with Crippen LogP contribution < -0.4 is 0 Å². The molecule has 0 fully saturated rings. The molecule has 2 aromatic rings. The van der Waals surface area contributed by atoms with Gasteiger partial charge in [0, 0.05) is 11.6 Å². The maximum Gasteiger partial charge on any atom is 0.349 e. The minimum atomic E-state index is -0.657. The number of carbonyl (C=O) groups excluding carboxylic acids is 1. The first-order valence-corrected chi connectivity index (χ1v) is 8.50. The minimum Gasteiger partial charge on any atom is -0.462 e. The van der Waals surface area contributed by atoms with Crippen molar-refractivity contribution in [3.63, 3.8) is 0 Å². The van der Waals surface area contributed by atoms with Gasteiger partial charge in [-0.3, -0.25) is 0 Å². The van der Waals surface area contributed by atoms with E-state index in [1.54, 1.807) is 30.3 Å². The fourth-order valence-electron chi connectivity index (χ4n) is 1.98. The fraction of sp³-hybridized carbons (Fsp3) is 0.263. The zero-order chi connectivity index (χ0) is 18.4. The molecule has 0 unspecified atom stereocenters. The molecule has 25 heavy (non-hydrogen) atoms. The Balaban J connectivity index is 2.14. The molecule has 0 radical (unpaired) electrons. The van der Waals surface area contributed by atoms with Crippen LogP contribution in [0.3, 0.4) is 0 Å². The number of furan rings is 1. The Kier molecular flexibility index (Phi) is 6.69. The van der Waals surface area contributed by atoms with E-state index in [2.05, 4.69) is 0 Å². The van der Waals surface area contributed by atoms with Gasteiger partial charge in [-0.05, 0) is 42.7 Å². The van der Waals surface area contributed by atoms with Gasteiger partial charge >= 0.3 is 5.97 Å². The second-order valence-electron chi connectivity index (χ2n) is 5.82. The third-order valence-electron chi connectivity index (χ3n) is 3.39. The van der Waals surface area contributed by atoms with Gasteiger partial charge in [-0.1, -0.05) is 37.0 Å². The van der Waals surface area contributed by atoms with Gasteiger partial charge in [0.05, 0.1) is 16.7 Å². The smallest absolute Gasteiger partial charge is 0.349 e. The molecule has 0 bridgehead atoms. The summed E-state index contributed by atoms with van der Waals surface area (Å²) in [5, 5.41) is 10.0. The van der Waals surface area contributed by atoms with E-state index in [0.717, 1.165) is 12.0 Å². The van der Waals surface area contributed by atoms with E-state index in [0.29, 0.717) is 27.5 Å². The summed E-state index contributed by atoms with van der Waals surface area (Å²) in [5.41, 5.74) is 0.630. The Labute approximate surface area is 156 Å². The topological polar surface area (TPSA) is 63.2 Å². The van der Waals surface area contributed by atoms with Crippen molar-refractivity contribution < 1.29 is 13.9 Å². The van der Waals surface area contributed by atoms with Gasteiger partial charge < -0.3 is 9.15 Å². The largest absolute Gasteiger partial charge is 0.462 e. The number of benzene rings is 1. The van der Waals surface area contributed by atoms with Crippen LogP contribution in [-0.4, -0.2) is 12.6 Å². The molecule has 2 rings (SSSR count). The lowest BCUT2D eigenvalue weighted by molar-refractivity contribution is -0.138. The first kappa shape index (κ1) is 19.1. The Morgan fingerprint density at radius 3 is 2.68 bits per heavy atom. The summed E-state index contributed by atoms with van der Waals surface area (Å²) < 4.78 is 10.7. The highest BCUT2D eigenvalue weighted by atomic mass is 35.5. The lowest BCUT2D eigenvalue weighted by Gasteiger charge is -2.05. The van der Waals surface area contributed by atoms with Crippen LogP contribution in [-0.2, 0) is 9.53 Å². The van der Waals surface area contributed by atoms with Crippen molar-refractivity contribution in [1.82, 2.24) is 0 Å². The summed E-state index contributed by atoms with van der Waals surface area (Å²) in [6.45, 7) is 4.34. The lowest BCUT2D eigenvalue weighted by atomic mass is 10.1. The molecule has 1 aromatic carbocycles. The van der Waals surface area contributed by atoms with Gasteiger partial charge in [0.15, 0.2) is 0 Å². The van der Waals surface area contributed by atoms with Crippen LogP contribution in [0.15, 0.2) is 40.3 Å². The van der Waals surface area contributed by atoms with Gasteiger partial charge in [-0.15, -0.1) is 0 Å². The summed E-state index contributed by atoms with van der Waals surface area (Å²) in [4.78, 5) is 11.9. The molecule has 0 atom stereocenters. The third kappa shape index (κ3) is 5.38. The normalized spacial score (nSPS) is 11.4. The SMILES string of the molecule is CC(C)CCOC(=O)/C(C#N)=C\c1ccc(-c2ccc(Cl)c(Cl)c2)o1. The number of rotatable bonds is 6. The van der Waals surface area contributed by atoms with Gasteiger partial charge in [-0.2, -0.15) is 5.26 Å². The Morgan fingerprint density at radius 1 is 1.28 bits per heavy atom. The molecule has 1 aromatic heterocycles. The molecule has 0 N–H and O–H groups in total. The zero-order valence-electron chi connectivity index (χ0n) is 13.9. The Hall–Kier alpha value is -2.22. The number of ether oxygens (including phenoxy) is 1. The van der Waals surface area contributed by atoms with Crippen LogP contribution >= 0.6 is 23.2 Å². The highest BCUT2D eigenvalue weighted by Gasteiger charge is 2.13. The Morgan fingerprint density at radius 2 is 2.04 bits per heavy atom. The van der Waals surface area contributed by atoms with E-state index < -0.39 is 5.97 Å². The van der Waals surface area contributed by atoms with E-state index in [-0.39, 0.29) is 12.2 Å². The molecule has 6 heteroatoms. The van der Waals surface area contributed by atoms with Crippen LogP contribution in [0.2, 0.25) is 10.0 Å². The second-order valence-corrected chi connectivity index (χ2v) is 6.63. The summed E-state index contributed by atoms with van der Waals surface area (Å²) in [6.07, 6.45) is 2.10. The number of esters is 1. The summed E-state index contributed by atoms with van der Waals surface area (Å²) in [5.74, 6) is 0.686. The summed E-state index contributed by atoms with van der Waals surface area (Å²) >= 11 is 11.9. The minimum absolute atomic E-state index is 0.112. The van der Waals surface area contributed by atoms with Gasteiger partial charge in [0.25, 0.3) is 0 Å². The molecular formula is C19H17Cl2NO3. The standard InChI is InChI=1S/C19H17Cl2NO3/c1-12(2)7-8-24-19(23)14(11-22)9-15-4-6-18(25-15)13-3-5-16(20)17(21)10-13/h3-6,9-10,12H,7-8H2,1-2H3/b14-9-. The number of nitriles is 1. The Bertz CT molecular complexity index is 831. The van der Waals surface area contributed by atoms with Gasteiger partial charge in [0.1, 0.15) is 23.2 Å². The van der Waals surface area contributed by atoms with Crippen molar-refractivity contribution in [2.45, 2.75) is 20.3 Å². The molecule has 0 saturated heterocycles. The molecule has 0 spiro atoms. The third-order valence-corrected chi connectivity index (χ3v) is 4.13. The van der Waals surface area contributed by atoms with E-state index in [1.165, 1.54) is 6.08 Å². The van der Waals surface area contributed by atoms with Crippen LogP contribution in [0.4, 0.5) is 0 Å². The number of hydrogen-bond acceptors (Lipinski definition) is 4. The molecule has 0 aliphatic heterocycles. The van der Waals surface area contributed by atoms with Gasteiger partial charge in [-0.25, -0.2) is 4.79 Å². The first-order valence-electron chi connectivity index (χ1n) is 7.75. The van der Waals surface area contributed by atoms with Crippen molar-refractivity contribution in [1.29, 1.82) is 5.26 Å². The van der Waals surface area contributed by atoms with Gasteiger partial charge in [0.2, 0.25) is 0 Å². The number of halogens is 2. The second kappa shape index (κ2) is 8.75. The maximum atomic E-state index is 11.9. The molecule has 0 saturated carbocycles. The monoisotopic (exact) mass is 377 g/mol. The quantitative estimate of drug-likeness (QED) is 0.365. The number of carbonyl (C=O) groups is 1. The molecule has 0 amide bonds. The average molecular weight is 378 g/mol. The maximum absolute atomic E-state index is 11.9. The lowest BCUT2D eigenvalue weighted by Crippen LogP contribution is -2.09. The predicted molar refractivity (Wildman–Crippen MR) is 98.2 cm³/mol. The fourth-order valence-corrected chi connectivity index (χ4v) is 2.28. The predicted octanol–water partition coefficient (Wildman–Crippen LogP) is 5.75. The van der Waals surface area contributed by atoms with E-state index in [1.807, 2.05) is 19.9 Å². The van der Waals surface area contributed by atoms with E-state index in [4.69, 9.17) is 37.6 Å². The van der Waals surface area contributed by atoms with Crippen molar-refractivity contribution in [3.8, 4) is 17.4 Å². The molecule has 0 aliphatic carbocycles. The average Bonchev–Trinajstić information content (AvgIpc) is 3.03.